The Labute approximate surface area is 178 Å². The molecule has 3 aromatic carbocycles. The first-order chi connectivity index (χ1) is 14.7. The zero-order valence-corrected chi connectivity index (χ0v) is 17.3. The first-order valence-corrected chi connectivity index (χ1v) is 10.6. The standard InChI is InChI=1S/C22H19FN2O5S/c1-15(26)16-4-2-7-20(12-16)30-14-22(27)24-18-8-10-21(11-9-18)31(28,29)25-19-6-3-5-17(23)13-19/h2-13,25H,14H2,1H3,(H,24,27). The number of amides is 1. The first-order valence-electron chi connectivity index (χ1n) is 9.15. The van der Waals surface area contributed by atoms with E-state index in [9.17, 15) is 22.4 Å². The van der Waals surface area contributed by atoms with Crippen LogP contribution in [0, 0.1) is 5.82 Å². The molecule has 31 heavy (non-hydrogen) atoms. The molecular weight excluding hydrogens is 423 g/mol. The lowest BCUT2D eigenvalue weighted by atomic mass is 10.1. The predicted molar refractivity (Wildman–Crippen MR) is 114 cm³/mol. The topological polar surface area (TPSA) is 102 Å². The maximum absolute atomic E-state index is 13.2. The smallest absolute Gasteiger partial charge is 0.262 e. The summed E-state index contributed by atoms with van der Waals surface area (Å²) in [7, 11) is -3.91. The van der Waals surface area contributed by atoms with E-state index in [0.29, 0.717) is 17.0 Å². The number of carbonyl (C=O) groups excluding carboxylic acids is 2. The van der Waals surface area contributed by atoms with E-state index < -0.39 is 21.7 Å². The second-order valence-electron chi connectivity index (χ2n) is 6.56. The van der Waals surface area contributed by atoms with Crippen LogP contribution in [0.5, 0.6) is 5.75 Å². The van der Waals surface area contributed by atoms with Crippen molar-refractivity contribution in [3.63, 3.8) is 0 Å². The number of nitrogens with one attached hydrogen (secondary N) is 2. The number of benzene rings is 3. The Morgan fingerprint density at radius 2 is 1.65 bits per heavy atom. The average Bonchev–Trinajstić information content (AvgIpc) is 2.72. The maximum Gasteiger partial charge on any atom is 0.262 e. The fraction of sp³-hybridized carbons (Fsp3) is 0.0909. The summed E-state index contributed by atoms with van der Waals surface area (Å²) in [5.41, 5.74) is 0.945. The number of carbonyl (C=O) groups is 2. The van der Waals surface area contributed by atoms with Gasteiger partial charge in [0.1, 0.15) is 11.6 Å². The number of ether oxygens (including phenoxy) is 1. The maximum atomic E-state index is 13.2. The lowest BCUT2D eigenvalue weighted by molar-refractivity contribution is -0.118. The zero-order chi connectivity index (χ0) is 22.4. The van der Waals surface area contributed by atoms with Gasteiger partial charge in [-0.2, -0.15) is 0 Å². The van der Waals surface area contributed by atoms with Crippen LogP contribution in [0.2, 0.25) is 0 Å². The highest BCUT2D eigenvalue weighted by molar-refractivity contribution is 7.92. The summed E-state index contributed by atoms with van der Waals surface area (Å²) in [5, 5.41) is 2.59. The van der Waals surface area contributed by atoms with E-state index in [4.69, 9.17) is 4.74 Å². The molecule has 0 aromatic heterocycles. The van der Waals surface area contributed by atoms with Gasteiger partial charge in [-0.3, -0.25) is 14.3 Å². The summed E-state index contributed by atoms with van der Waals surface area (Å²) < 4.78 is 45.7. The molecule has 3 aromatic rings. The molecule has 7 nitrogen and oxygen atoms in total. The van der Waals surface area contributed by atoms with E-state index in [2.05, 4.69) is 10.0 Å². The third kappa shape index (κ3) is 6.13. The summed E-state index contributed by atoms with van der Waals surface area (Å²) in [6.07, 6.45) is 0. The molecule has 9 heteroatoms. The van der Waals surface area contributed by atoms with Crippen LogP contribution in [0.3, 0.4) is 0 Å². The summed E-state index contributed by atoms with van der Waals surface area (Å²) in [6.45, 7) is 1.14. The van der Waals surface area contributed by atoms with Crippen LogP contribution in [0.25, 0.3) is 0 Å². The van der Waals surface area contributed by atoms with E-state index in [0.717, 1.165) is 6.07 Å². The molecule has 0 heterocycles. The second kappa shape index (κ2) is 9.40. The van der Waals surface area contributed by atoms with Crippen LogP contribution in [0.4, 0.5) is 15.8 Å². The Kier molecular flexibility index (Phi) is 6.66. The summed E-state index contributed by atoms with van der Waals surface area (Å²) >= 11 is 0. The highest BCUT2D eigenvalue weighted by Crippen LogP contribution is 2.19. The van der Waals surface area contributed by atoms with Crippen LogP contribution < -0.4 is 14.8 Å². The van der Waals surface area contributed by atoms with Gasteiger partial charge in [-0.15, -0.1) is 0 Å². The van der Waals surface area contributed by atoms with Gasteiger partial charge in [0.15, 0.2) is 12.4 Å². The van der Waals surface area contributed by atoms with E-state index >= 15 is 0 Å². The number of sulfonamides is 1. The van der Waals surface area contributed by atoms with Crippen molar-refractivity contribution in [2.45, 2.75) is 11.8 Å². The average molecular weight is 442 g/mol. The van der Waals surface area contributed by atoms with Crippen LogP contribution >= 0.6 is 0 Å². The Bertz CT molecular complexity index is 1210. The number of anilines is 2. The molecule has 0 saturated heterocycles. The molecule has 0 radical (unpaired) electrons. The summed E-state index contributed by atoms with van der Waals surface area (Å²) in [6, 6.07) is 17.1. The van der Waals surface area contributed by atoms with Gasteiger partial charge in [0.25, 0.3) is 15.9 Å². The molecule has 0 atom stereocenters. The lowest BCUT2D eigenvalue weighted by Gasteiger charge is -2.10. The molecule has 0 fully saturated rings. The minimum absolute atomic E-state index is 0.0490. The highest BCUT2D eigenvalue weighted by Gasteiger charge is 2.15. The number of hydrogen-bond donors (Lipinski definition) is 2. The van der Waals surface area contributed by atoms with Crippen molar-refractivity contribution in [3.8, 4) is 5.75 Å². The Hall–Kier alpha value is -3.72. The van der Waals surface area contributed by atoms with Gasteiger partial charge in [-0.1, -0.05) is 18.2 Å². The monoisotopic (exact) mass is 442 g/mol. The molecule has 0 aliphatic carbocycles. The van der Waals surface area contributed by atoms with Gasteiger partial charge >= 0.3 is 0 Å². The van der Waals surface area contributed by atoms with Crippen LogP contribution in [0.1, 0.15) is 17.3 Å². The molecule has 0 unspecified atom stereocenters. The van der Waals surface area contributed by atoms with Crippen LogP contribution in [-0.4, -0.2) is 26.7 Å². The fourth-order valence-electron chi connectivity index (χ4n) is 2.63. The largest absolute Gasteiger partial charge is 0.484 e. The van der Waals surface area contributed by atoms with Crippen molar-refractivity contribution >= 4 is 33.1 Å². The number of ketones is 1. The minimum Gasteiger partial charge on any atom is -0.484 e. The molecule has 0 aliphatic rings. The third-order valence-electron chi connectivity index (χ3n) is 4.14. The van der Waals surface area contributed by atoms with Crippen molar-refractivity contribution in [2.24, 2.45) is 0 Å². The van der Waals surface area contributed by atoms with Crippen molar-refractivity contribution < 1.29 is 27.1 Å². The van der Waals surface area contributed by atoms with Crippen molar-refractivity contribution in [3.05, 3.63) is 84.2 Å². The number of halogens is 1. The Balaban J connectivity index is 1.59. The minimum atomic E-state index is -3.91. The van der Waals surface area contributed by atoms with E-state index in [-0.39, 0.29) is 23.0 Å². The second-order valence-corrected chi connectivity index (χ2v) is 8.24. The molecule has 0 saturated carbocycles. The zero-order valence-electron chi connectivity index (χ0n) is 16.5. The number of rotatable bonds is 8. The predicted octanol–water partition coefficient (Wildman–Crippen LogP) is 3.85. The van der Waals surface area contributed by atoms with Gasteiger partial charge in [0.2, 0.25) is 0 Å². The highest BCUT2D eigenvalue weighted by atomic mass is 32.2. The number of hydrogen-bond acceptors (Lipinski definition) is 5. The van der Waals surface area contributed by atoms with E-state index in [1.54, 1.807) is 24.3 Å². The van der Waals surface area contributed by atoms with Gasteiger partial charge in [0.05, 0.1) is 10.6 Å². The molecule has 1 amide bonds. The van der Waals surface area contributed by atoms with Gasteiger partial charge in [0, 0.05) is 11.3 Å². The molecule has 160 valence electrons. The van der Waals surface area contributed by atoms with Crippen LogP contribution in [-0.2, 0) is 14.8 Å². The Morgan fingerprint density at radius 3 is 2.32 bits per heavy atom. The van der Waals surface area contributed by atoms with E-state index in [1.165, 1.54) is 49.4 Å². The van der Waals surface area contributed by atoms with Crippen molar-refractivity contribution in [2.75, 3.05) is 16.6 Å². The van der Waals surface area contributed by atoms with Gasteiger partial charge < -0.3 is 10.1 Å². The SMILES string of the molecule is CC(=O)c1cccc(OCC(=O)Nc2ccc(S(=O)(=O)Nc3cccc(F)c3)cc2)c1. The molecular formula is C22H19FN2O5S. The van der Waals surface area contributed by atoms with Gasteiger partial charge in [-0.05, 0) is 61.5 Å². The van der Waals surface area contributed by atoms with E-state index in [1.807, 2.05) is 0 Å². The van der Waals surface area contributed by atoms with Crippen molar-refractivity contribution in [1.82, 2.24) is 0 Å². The fourth-order valence-corrected chi connectivity index (χ4v) is 3.68. The molecule has 3 rings (SSSR count). The summed E-state index contributed by atoms with van der Waals surface area (Å²) in [4.78, 5) is 23.4. The quantitative estimate of drug-likeness (QED) is 0.516. The normalized spacial score (nSPS) is 10.9. The first kappa shape index (κ1) is 22.0. The van der Waals surface area contributed by atoms with Crippen molar-refractivity contribution in [1.29, 1.82) is 0 Å². The third-order valence-corrected chi connectivity index (χ3v) is 5.53. The summed E-state index contributed by atoms with van der Waals surface area (Å²) in [5.74, 6) is -0.750. The number of Topliss-reactive ketones (excluding diaryl/α,β-unsaturated/α-hetero) is 1. The Morgan fingerprint density at radius 1 is 0.935 bits per heavy atom. The molecule has 0 bridgehead atoms. The van der Waals surface area contributed by atoms with Crippen LogP contribution in [0.15, 0.2) is 77.7 Å². The molecule has 0 spiro atoms. The molecule has 0 aliphatic heterocycles. The molecule has 2 N–H and O–H groups in total. The van der Waals surface area contributed by atoms with Gasteiger partial charge in [-0.25, -0.2) is 12.8 Å². The lowest BCUT2D eigenvalue weighted by Crippen LogP contribution is -2.20.